The van der Waals surface area contributed by atoms with E-state index in [2.05, 4.69) is 25.9 Å². The zero-order valence-electron chi connectivity index (χ0n) is 19.1. The Bertz CT molecular complexity index is 1660. The van der Waals surface area contributed by atoms with E-state index in [1.165, 1.54) is 21.6 Å². The van der Waals surface area contributed by atoms with Crippen LogP contribution in [0.4, 0.5) is 13.2 Å². The van der Waals surface area contributed by atoms with Gasteiger partial charge in [-0.1, -0.05) is 15.9 Å². The van der Waals surface area contributed by atoms with E-state index in [1.807, 2.05) is 17.7 Å². The first-order valence-corrected chi connectivity index (χ1v) is 12.1. The number of nitrogens with one attached hydrogen (secondary N) is 1. The standard InChI is InChI=1S/C24H19BrF3N5O2S/c1-12-7-15-19(10-32(12)21(34)13-3-5-17(25)16(8-13)24(26,27)28)30-23(36)33(22(15)35)14-4-6-20-18(9-14)29-11-31(20)2/h3-6,8-9,11-12H,7,10H2,1-2H3,(H,30,36)/t12-/m1/s1. The lowest BCUT2D eigenvalue weighted by molar-refractivity contribution is -0.138. The van der Waals surface area contributed by atoms with E-state index in [0.717, 1.165) is 11.6 Å². The molecule has 0 saturated heterocycles. The molecule has 36 heavy (non-hydrogen) atoms. The van der Waals surface area contributed by atoms with E-state index < -0.39 is 23.7 Å². The lowest BCUT2D eigenvalue weighted by Crippen LogP contribution is -2.45. The van der Waals surface area contributed by atoms with Gasteiger partial charge in [-0.05, 0) is 62.0 Å². The molecule has 0 fully saturated rings. The van der Waals surface area contributed by atoms with Gasteiger partial charge in [-0.15, -0.1) is 0 Å². The molecule has 0 unspecified atom stereocenters. The maximum absolute atomic E-state index is 13.5. The number of H-pyrrole nitrogens is 1. The molecule has 4 aromatic rings. The van der Waals surface area contributed by atoms with Crippen molar-refractivity contribution in [2.75, 3.05) is 0 Å². The summed E-state index contributed by atoms with van der Waals surface area (Å²) in [4.78, 5) is 35.5. The van der Waals surface area contributed by atoms with Crippen molar-refractivity contribution in [1.29, 1.82) is 0 Å². The molecular formula is C24H19BrF3N5O2S. The van der Waals surface area contributed by atoms with Crippen molar-refractivity contribution in [3.05, 3.63) is 84.7 Å². The van der Waals surface area contributed by atoms with Crippen molar-refractivity contribution in [3.63, 3.8) is 0 Å². The minimum atomic E-state index is -4.61. The van der Waals surface area contributed by atoms with Gasteiger partial charge in [0.1, 0.15) is 0 Å². The summed E-state index contributed by atoms with van der Waals surface area (Å²) < 4.78 is 43.3. The molecular weight excluding hydrogens is 559 g/mol. The van der Waals surface area contributed by atoms with Gasteiger partial charge in [0, 0.05) is 34.4 Å². The summed E-state index contributed by atoms with van der Waals surface area (Å²) in [6, 6.07) is 8.39. The number of hydrogen-bond acceptors (Lipinski definition) is 4. The SMILES string of the molecule is C[C@@H]1Cc2c([nH]c(=S)n(-c3ccc4c(c3)ncn4C)c2=O)CN1C(=O)c1ccc(Br)c(C(F)(F)F)c1. The molecule has 1 aliphatic rings. The fraction of sp³-hybridized carbons (Fsp3) is 0.250. The highest BCUT2D eigenvalue weighted by Gasteiger charge is 2.35. The number of carbonyl (C=O) groups is 1. The van der Waals surface area contributed by atoms with Gasteiger partial charge in [-0.2, -0.15) is 13.2 Å². The van der Waals surface area contributed by atoms with Crippen molar-refractivity contribution in [2.45, 2.75) is 32.1 Å². The molecule has 0 radical (unpaired) electrons. The van der Waals surface area contributed by atoms with E-state index in [4.69, 9.17) is 12.2 Å². The van der Waals surface area contributed by atoms with Crippen LogP contribution in [-0.2, 0) is 26.2 Å². The predicted octanol–water partition coefficient (Wildman–Crippen LogP) is 5.15. The number of rotatable bonds is 2. The van der Waals surface area contributed by atoms with Crippen LogP contribution in [0.3, 0.4) is 0 Å². The van der Waals surface area contributed by atoms with Crippen LogP contribution in [0.25, 0.3) is 16.7 Å². The third-order valence-corrected chi connectivity index (χ3v) is 7.37. The number of imidazole rings is 1. The minimum absolute atomic E-state index is 0.0196. The number of fused-ring (bicyclic) bond motifs is 2. The van der Waals surface area contributed by atoms with Crippen LogP contribution in [-0.4, -0.2) is 36.0 Å². The van der Waals surface area contributed by atoms with Crippen molar-refractivity contribution in [2.24, 2.45) is 7.05 Å². The number of amides is 1. The smallest absolute Gasteiger partial charge is 0.334 e. The first-order chi connectivity index (χ1) is 17.0. The van der Waals surface area contributed by atoms with Gasteiger partial charge < -0.3 is 14.5 Å². The van der Waals surface area contributed by atoms with Gasteiger partial charge >= 0.3 is 6.18 Å². The number of hydrogen-bond donors (Lipinski definition) is 1. The molecule has 0 spiro atoms. The number of halogens is 4. The van der Waals surface area contributed by atoms with Crippen LogP contribution < -0.4 is 5.56 Å². The quantitative estimate of drug-likeness (QED) is 0.334. The molecule has 7 nitrogen and oxygen atoms in total. The summed E-state index contributed by atoms with van der Waals surface area (Å²) in [6.45, 7) is 1.78. The third-order valence-electron chi connectivity index (χ3n) is 6.39. The fourth-order valence-corrected chi connectivity index (χ4v) is 5.29. The molecule has 12 heteroatoms. The highest BCUT2D eigenvalue weighted by atomic mass is 79.9. The molecule has 1 N–H and O–H groups in total. The van der Waals surface area contributed by atoms with Gasteiger partial charge in [0.25, 0.3) is 11.5 Å². The van der Waals surface area contributed by atoms with Crippen LogP contribution in [0.2, 0.25) is 0 Å². The second-order valence-corrected chi connectivity index (χ2v) is 9.98. The van der Waals surface area contributed by atoms with Crippen LogP contribution in [0.1, 0.15) is 34.1 Å². The molecule has 0 saturated carbocycles. The first kappa shape index (κ1) is 24.4. The maximum Gasteiger partial charge on any atom is 0.417 e. The molecule has 0 aliphatic carbocycles. The Hall–Kier alpha value is -3.25. The second-order valence-electron chi connectivity index (χ2n) is 8.73. The Morgan fingerprint density at radius 3 is 2.69 bits per heavy atom. The highest BCUT2D eigenvalue weighted by Crippen LogP contribution is 2.36. The Morgan fingerprint density at radius 1 is 1.22 bits per heavy atom. The second kappa shape index (κ2) is 8.70. The summed E-state index contributed by atoms with van der Waals surface area (Å²) in [7, 11) is 1.87. The van der Waals surface area contributed by atoms with Crippen LogP contribution in [0.5, 0.6) is 0 Å². The molecule has 3 heterocycles. The fourth-order valence-electron chi connectivity index (χ4n) is 4.51. The maximum atomic E-state index is 13.5. The molecule has 1 atom stereocenters. The summed E-state index contributed by atoms with van der Waals surface area (Å²) >= 11 is 8.38. The number of aromatic amines is 1. The average Bonchev–Trinajstić information content (AvgIpc) is 3.18. The van der Waals surface area contributed by atoms with Crippen LogP contribution in [0, 0.1) is 4.77 Å². The molecule has 2 aromatic carbocycles. The number of carbonyl (C=O) groups excluding carboxylic acids is 1. The van der Waals surface area contributed by atoms with Crippen LogP contribution in [0.15, 0.2) is 52.0 Å². The minimum Gasteiger partial charge on any atom is -0.334 e. The average molecular weight is 578 g/mol. The summed E-state index contributed by atoms with van der Waals surface area (Å²) in [5, 5.41) is 0. The normalized spacial score (nSPS) is 15.8. The van der Waals surface area contributed by atoms with Gasteiger partial charge in [0.2, 0.25) is 0 Å². The molecule has 0 bridgehead atoms. The summed E-state index contributed by atoms with van der Waals surface area (Å²) in [6.07, 6.45) is -2.70. The number of aryl methyl sites for hydroxylation is 1. The Labute approximate surface area is 216 Å². The molecule has 186 valence electrons. The largest absolute Gasteiger partial charge is 0.417 e. The van der Waals surface area contributed by atoms with Crippen molar-refractivity contribution < 1.29 is 18.0 Å². The van der Waals surface area contributed by atoms with E-state index in [0.29, 0.717) is 22.5 Å². The first-order valence-electron chi connectivity index (χ1n) is 10.9. The van der Waals surface area contributed by atoms with E-state index in [1.54, 1.807) is 25.4 Å². The topological polar surface area (TPSA) is 75.9 Å². The van der Waals surface area contributed by atoms with Crippen molar-refractivity contribution in [3.8, 4) is 5.69 Å². The zero-order valence-corrected chi connectivity index (χ0v) is 21.5. The molecule has 5 rings (SSSR count). The molecule has 2 aromatic heterocycles. The predicted molar refractivity (Wildman–Crippen MR) is 134 cm³/mol. The number of alkyl halides is 3. The molecule has 1 aliphatic heterocycles. The van der Waals surface area contributed by atoms with Gasteiger partial charge in [0.05, 0.1) is 35.2 Å². The number of aromatic nitrogens is 4. The molecule has 1 amide bonds. The lowest BCUT2D eigenvalue weighted by atomic mass is 9.98. The Balaban J connectivity index is 1.52. The van der Waals surface area contributed by atoms with E-state index >= 15 is 0 Å². The lowest BCUT2D eigenvalue weighted by Gasteiger charge is -2.34. The monoisotopic (exact) mass is 577 g/mol. The van der Waals surface area contributed by atoms with Crippen molar-refractivity contribution in [1.82, 2.24) is 24.0 Å². The Morgan fingerprint density at radius 2 is 1.97 bits per heavy atom. The highest BCUT2D eigenvalue weighted by molar-refractivity contribution is 9.10. The third kappa shape index (κ3) is 4.07. The summed E-state index contributed by atoms with van der Waals surface area (Å²) in [5.41, 5.74) is 1.83. The van der Waals surface area contributed by atoms with Crippen molar-refractivity contribution >= 4 is 45.1 Å². The van der Waals surface area contributed by atoms with E-state index in [9.17, 15) is 22.8 Å². The zero-order chi connectivity index (χ0) is 25.9. The van der Waals surface area contributed by atoms with Gasteiger partial charge in [-0.25, -0.2) is 4.98 Å². The summed E-state index contributed by atoms with van der Waals surface area (Å²) in [5.74, 6) is -0.560. The number of nitrogens with zero attached hydrogens (tertiary/aromatic N) is 4. The van der Waals surface area contributed by atoms with E-state index in [-0.39, 0.29) is 33.3 Å². The van der Waals surface area contributed by atoms with Gasteiger partial charge in [0.15, 0.2) is 4.77 Å². The van der Waals surface area contributed by atoms with Gasteiger partial charge in [-0.3, -0.25) is 14.2 Å². The Kier molecular flexibility index (Phi) is 5.91. The van der Waals surface area contributed by atoms with Crippen LogP contribution >= 0.6 is 28.1 Å². The number of benzene rings is 2.